The summed E-state index contributed by atoms with van der Waals surface area (Å²) in [5.41, 5.74) is 8.43. The first-order valence-corrected chi connectivity index (χ1v) is 8.87. The third-order valence-corrected chi connectivity index (χ3v) is 5.95. The molecule has 1 fully saturated rings. The lowest BCUT2D eigenvalue weighted by atomic mass is 10.0. The maximum Gasteiger partial charge on any atom is 0.0459 e. The molecule has 2 nitrogen and oxygen atoms in total. The standard InChI is InChI=1S/C16H25ClN2S/c1-4-14(18)9-13-5-6-15(10-16(13)17)19-7-8-20-12(3)11(19)2/h5-6,10-12,14H,4,7-9,18H2,1-3H3. The first kappa shape index (κ1) is 16.0. The quantitative estimate of drug-likeness (QED) is 0.912. The molecule has 1 heterocycles. The maximum absolute atomic E-state index is 6.45. The summed E-state index contributed by atoms with van der Waals surface area (Å²) in [4.78, 5) is 2.47. The number of hydrogen-bond acceptors (Lipinski definition) is 3. The number of hydrogen-bond donors (Lipinski definition) is 1. The van der Waals surface area contributed by atoms with Crippen molar-refractivity contribution >= 4 is 29.1 Å². The third kappa shape index (κ3) is 3.63. The van der Waals surface area contributed by atoms with Crippen molar-refractivity contribution in [3.8, 4) is 0 Å². The highest BCUT2D eigenvalue weighted by atomic mass is 35.5. The highest BCUT2D eigenvalue weighted by Crippen LogP contribution is 2.31. The second-order valence-corrected chi connectivity index (χ2v) is 7.55. The molecule has 0 aromatic heterocycles. The van der Waals surface area contributed by atoms with E-state index in [9.17, 15) is 0 Å². The van der Waals surface area contributed by atoms with Gasteiger partial charge in [-0.1, -0.05) is 31.5 Å². The van der Waals surface area contributed by atoms with Gasteiger partial charge in [0.15, 0.2) is 0 Å². The molecule has 0 spiro atoms. The van der Waals surface area contributed by atoms with Crippen LogP contribution in [0.15, 0.2) is 18.2 Å². The normalized spacial score (nSPS) is 24.8. The van der Waals surface area contributed by atoms with Crippen LogP contribution in [0.4, 0.5) is 5.69 Å². The summed E-state index contributed by atoms with van der Waals surface area (Å²) in [6, 6.07) is 7.20. The van der Waals surface area contributed by atoms with Crippen LogP contribution in [-0.4, -0.2) is 29.6 Å². The van der Waals surface area contributed by atoms with Crippen LogP contribution in [0, 0.1) is 0 Å². The molecule has 0 radical (unpaired) electrons. The summed E-state index contributed by atoms with van der Waals surface area (Å²) in [6.45, 7) is 7.81. The van der Waals surface area contributed by atoms with Gasteiger partial charge in [-0.25, -0.2) is 0 Å². The van der Waals surface area contributed by atoms with Gasteiger partial charge in [0, 0.05) is 40.3 Å². The van der Waals surface area contributed by atoms with Gasteiger partial charge in [0.1, 0.15) is 0 Å². The van der Waals surface area contributed by atoms with Gasteiger partial charge >= 0.3 is 0 Å². The van der Waals surface area contributed by atoms with Crippen LogP contribution in [0.1, 0.15) is 32.8 Å². The zero-order valence-electron chi connectivity index (χ0n) is 12.6. The number of anilines is 1. The minimum Gasteiger partial charge on any atom is -0.367 e. The fourth-order valence-corrected chi connectivity index (χ4v) is 3.96. The van der Waals surface area contributed by atoms with Gasteiger partial charge in [-0.3, -0.25) is 0 Å². The van der Waals surface area contributed by atoms with Crippen molar-refractivity contribution in [2.75, 3.05) is 17.2 Å². The van der Waals surface area contributed by atoms with Gasteiger partial charge in [-0.15, -0.1) is 0 Å². The Labute approximate surface area is 132 Å². The van der Waals surface area contributed by atoms with Crippen LogP contribution in [0.5, 0.6) is 0 Å². The molecule has 0 aliphatic carbocycles. The molecule has 0 amide bonds. The Morgan fingerprint density at radius 1 is 1.45 bits per heavy atom. The molecule has 3 unspecified atom stereocenters. The lowest BCUT2D eigenvalue weighted by Gasteiger charge is -2.39. The van der Waals surface area contributed by atoms with Gasteiger partial charge in [-0.05, 0) is 37.5 Å². The first-order valence-electron chi connectivity index (χ1n) is 7.45. The molecule has 4 heteroatoms. The highest BCUT2D eigenvalue weighted by Gasteiger charge is 2.25. The molecule has 2 rings (SSSR count). The number of thioether (sulfide) groups is 1. The minimum absolute atomic E-state index is 0.198. The molecule has 1 aliphatic rings. The van der Waals surface area contributed by atoms with E-state index in [-0.39, 0.29) is 6.04 Å². The van der Waals surface area contributed by atoms with Gasteiger partial charge < -0.3 is 10.6 Å². The summed E-state index contributed by atoms with van der Waals surface area (Å²) < 4.78 is 0. The minimum atomic E-state index is 0.198. The largest absolute Gasteiger partial charge is 0.367 e. The molecule has 20 heavy (non-hydrogen) atoms. The molecule has 1 aromatic rings. The molecule has 3 atom stereocenters. The van der Waals surface area contributed by atoms with Crippen molar-refractivity contribution in [2.45, 2.75) is 50.9 Å². The van der Waals surface area contributed by atoms with Crippen LogP contribution in [0.25, 0.3) is 0 Å². The van der Waals surface area contributed by atoms with Gasteiger partial charge in [0.2, 0.25) is 0 Å². The van der Waals surface area contributed by atoms with Crippen molar-refractivity contribution in [3.63, 3.8) is 0 Å². The SMILES string of the molecule is CCC(N)Cc1ccc(N2CCSC(C)C2C)cc1Cl. The summed E-state index contributed by atoms with van der Waals surface area (Å²) in [5.74, 6) is 1.19. The topological polar surface area (TPSA) is 29.3 Å². The van der Waals surface area contributed by atoms with Gasteiger partial charge in [0.05, 0.1) is 0 Å². The second kappa shape index (κ2) is 7.06. The zero-order chi connectivity index (χ0) is 14.7. The number of benzene rings is 1. The van der Waals surface area contributed by atoms with E-state index in [1.54, 1.807) is 0 Å². The smallest absolute Gasteiger partial charge is 0.0459 e. The van der Waals surface area contributed by atoms with Crippen LogP contribution >= 0.6 is 23.4 Å². The monoisotopic (exact) mass is 312 g/mol. The predicted octanol–water partition coefficient (Wildman–Crippen LogP) is 3.95. The van der Waals surface area contributed by atoms with Crippen LogP contribution in [0.3, 0.4) is 0 Å². The summed E-state index contributed by atoms with van der Waals surface area (Å²) in [5, 5.41) is 1.51. The van der Waals surface area contributed by atoms with Crippen LogP contribution in [0.2, 0.25) is 5.02 Å². The fourth-order valence-electron chi connectivity index (χ4n) is 2.60. The van der Waals surface area contributed by atoms with Crippen molar-refractivity contribution in [1.82, 2.24) is 0 Å². The van der Waals surface area contributed by atoms with E-state index in [4.69, 9.17) is 17.3 Å². The molecule has 0 bridgehead atoms. The average Bonchev–Trinajstić information content (AvgIpc) is 2.44. The van der Waals surface area contributed by atoms with Crippen LogP contribution in [-0.2, 0) is 6.42 Å². The molecule has 0 saturated carbocycles. The Hall–Kier alpha value is -0.380. The Morgan fingerprint density at radius 3 is 2.85 bits per heavy atom. The highest BCUT2D eigenvalue weighted by molar-refractivity contribution is 8.00. The summed E-state index contributed by atoms with van der Waals surface area (Å²) in [7, 11) is 0. The molecule has 2 N–H and O–H groups in total. The van der Waals surface area contributed by atoms with E-state index < -0.39 is 0 Å². The Bertz CT molecular complexity index is 452. The molecular weight excluding hydrogens is 288 g/mol. The van der Waals surface area contributed by atoms with Crippen molar-refractivity contribution < 1.29 is 0 Å². The Kier molecular flexibility index (Phi) is 5.65. The van der Waals surface area contributed by atoms with E-state index in [2.05, 4.69) is 55.6 Å². The maximum atomic E-state index is 6.45. The van der Waals surface area contributed by atoms with Gasteiger partial charge in [-0.2, -0.15) is 11.8 Å². The number of halogens is 1. The molecular formula is C16H25ClN2S. The van der Waals surface area contributed by atoms with E-state index in [0.717, 1.165) is 30.0 Å². The fraction of sp³-hybridized carbons (Fsp3) is 0.625. The first-order chi connectivity index (χ1) is 9.52. The second-order valence-electron chi connectivity index (χ2n) is 5.66. The van der Waals surface area contributed by atoms with E-state index in [1.165, 1.54) is 11.4 Å². The van der Waals surface area contributed by atoms with E-state index in [0.29, 0.717) is 11.3 Å². The average molecular weight is 313 g/mol. The van der Waals surface area contributed by atoms with Crippen molar-refractivity contribution in [2.24, 2.45) is 5.73 Å². The lowest BCUT2D eigenvalue weighted by molar-refractivity contribution is 0.626. The summed E-state index contributed by atoms with van der Waals surface area (Å²) >= 11 is 8.50. The van der Waals surface area contributed by atoms with E-state index >= 15 is 0 Å². The summed E-state index contributed by atoms with van der Waals surface area (Å²) in [6.07, 6.45) is 1.84. The van der Waals surface area contributed by atoms with Crippen molar-refractivity contribution in [3.05, 3.63) is 28.8 Å². The zero-order valence-corrected chi connectivity index (χ0v) is 14.2. The molecule has 112 valence electrons. The molecule has 1 aliphatic heterocycles. The van der Waals surface area contributed by atoms with Gasteiger partial charge in [0.25, 0.3) is 0 Å². The Morgan fingerprint density at radius 2 is 2.20 bits per heavy atom. The van der Waals surface area contributed by atoms with E-state index in [1.807, 2.05) is 0 Å². The predicted molar refractivity (Wildman–Crippen MR) is 92.2 cm³/mol. The van der Waals surface area contributed by atoms with Crippen LogP contribution < -0.4 is 10.6 Å². The third-order valence-electron chi connectivity index (χ3n) is 4.26. The number of nitrogens with zero attached hydrogens (tertiary/aromatic N) is 1. The molecule has 1 saturated heterocycles. The Balaban J connectivity index is 2.16. The molecule has 1 aromatic carbocycles. The van der Waals surface area contributed by atoms with Crippen molar-refractivity contribution in [1.29, 1.82) is 0 Å². The lowest BCUT2D eigenvalue weighted by Crippen LogP contribution is -2.44. The number of rotatable bonds is 4. The number of nitrogens with two attached hydrogens (primary N) is 1.